The van der Waals surface area contributed by atoms with E-state index in [1.54, 1.807) is 66.7 Å². The monoisotopic (exact) mass is 498 g/mol. The second kappa shape index (κ2) is 7.67. The molecule has 1 saturated heterocycles. The van der Waals surface area contributed by atoms with Crippen LogP contribution in [0.1, 0.15) is 11.3 Å². The minimum Gasteiger partial charge on any atom is -0.451 e. The second-order valence-electron chi connectivity index (χ2n) is 6.43. The summed E-state index contributed by atoms with van der Waals surface area (Å²) >= 11 is 2.00. The molecule has 1 fully saturated rings. The van der Waals surface area contributed by atoms with Gasteiger partial charge in [0.25, 0.3) is 11.8 Å². The van der Waals surface area contributed by atoms with E-state index in [1.165, 1.54) is 6.08 Å². The van der Waals surface area contributed by atoms with Crippen molar-refractivity contribution in [2.24, 2.45) is 0 Å². The van der Waals surface area contributed by atoms with Crippen molar-refractivity contribution in [1.29, 1.82) is 0 Å². The number of nitrogens with zero attached hydrogens (tertiary/aromatic N) is 2. The second-order valence-corrected chi connectivity index (χ2v) is 7.50. The maximum atomic E-state index is 13.2. The fourth-order valence-electron chi connectivity index (χ4n) is 3.00. The summed E-state index contributed by atoms with van der Waals surface area (Å²) in [6, 6.07) is 18.1. The molecule has 0 N–H and O–H groups in total. The molecule has 0 saturated carbocycles. The maximum absolute atomic E-state index is 13.2. The van der Waals surface area contributed by atoms with Gasteiger partial charge in [-0.3, -0.25) is 9.59 Å². The normalized spacial score (nSPS) is 16.1. The lowest BCUT2D eigenvalue weighted by Crippen LogP contribution is -2.57. The Morgan fingerprint density at radius 1 is 0.793 bits per heavy atom. The van der Waals surface area contributed by atoms with Gasteiger partial charge in [-0.05, 0) is 72.0 Å². The van der Waals surface area contributed by atoms with Crippen molar-refractivity contribution < 1.29 is 18.8 Å². The molecule has 1 aliphatic rings. The van der Waals surface area contributed by atoms with E-state index in [0.717, 1.165) is 15.4 Å². The minimum absolute atomic E-state index is 0.153. The summed E-state index contributed by atoms with van der Waals surface area (Å²) in [7, 11) is 0. The molecule has 7 heteroatoms. The smallest absolute Gasteiger partial charge is 0.343 e. The summed E-state index contributed by atoms with van der Waals surface area (Å²) < 4.78 is 6.11. The summed E-state index contributed by atoms with van der Waals surface area (Å²) in [6.07, 6.45) is 1.37. The summed E-state index contributed by atoms with van der Waals surface area (Å²) in [5, 5.41) is 0. The summed E-state index contributed by atoms with van der Waals surface area (Å²) in [5.41, 5.74) is 1.60. The van der Waals surface area contributed by atoms with Gasteiger partial charge in [0.1, 0.15) is 11.3 Å². The number of carbonyl (C=O) groups is 3. The van der Waals surface area contributed by atoms with Crippen LogP contribution in [-0.4, -0.2) is 17.8 Å². The van der Waals surface area contributed by atoms with Gasteiger partial charge in [-0.15, -0.1) is 0 Å². The molecule has 1 aliphatic heterocycles. The number of hydrogen-bond donors (Lipinski definition) is 0. The van der Waals surface area contributed by atoms with Crippen LogP contribution in [0.25, 0.3) is 6.08 Å². The van der Waals surface area contributed by atoms with Gasteiger partial charge in [-0.1, -0.05) is 35.9 Å². The van der Waals surface area contributed by atoms with E-state index in [4.69, 9.17) is 4.42 Å². The highest BCUT2D eigenvalue weighted by Crippen LogP contribution is 2.30. The summed E-state index contributed by atoms with van der Waals surface area (Å²) in [6.45, 7) is 1.91. The highest BCUT2D eigenvalue weighted by molar-refractivity contribution is 14.1. The van der Waals surface area contributed by atoms with Crippen LogP contribution in [-0.2, 0) is 9.59 Å². The largest absolute Gasteiger partial charge is 0.451 e. The Labute approximate surface area is 180 Å². The van der Waals surface area contributed by atoms with Gasteiger partial charge in [0.05, 0.1) is 11.4 Å². The van der Waals surface area contributed by atoms with Crippen LogP contribution in [0.2, 0.25) is 0 Å². The summed E-state index contributed by atoms with van der Waals surface area (Å²) in [5.74, 6) is -1.03. The minimum atomic E-state index is -0.721. The first-order valence-corrected chi connectivity index (χ1v) is 9.85. The number of aryl methyl sites for hydroxylation is 1. The number of barbiturate groups is 1. The first kappa shape index (κ1) is 19.1. The molecule has 2 aromatic carbocycles. The number of para-hydroxylation sites is 1. The van der Waals surface area contributed by atoms with Crippen LogP contribution >= 0.6 is 22.6 Å². The van der Waals surface area contributed by atoms with Crippen molar-refractivity contribution in [2.45, 2.75) is 6.92 Å². The molecule has 0 radical (unpaired) electrons. The Bertz CT molecular complexity index is 1130. The highest BCUT2D eigenvalue weighted by atomic mass is 127. The third-order valence-electron chi connectivity index (χ3n) is 4.44. The number of imide groups is 2. The van der Waals surface area contributed by atoms with E-state index in [0.29, 0.717) is 20.9 Å². The number of carbonyl (C=O) groups excluding carboxylic acids is 3. The number of urea groups is 1. The predicted molar refractivity (Wildman–Crippen MR) is 117 cm³/mol. The van der Waals surface area contributed by atoms with Crippen molar-refractivity contribution in [3.8, 4) is 0 Å². The Hall–Kier alpha value is -3.20. The van der Waals surface area contributed by atoms with Crippen LogP contribution in [0.15, 0.2) is 76.7 Å². The van der Waals surface area contributed by atoms with E-state index in [-0.39, 0.29) is 5.57 Å². The van der Waals surface area contributed by atoms with E-state index in [1.807, 2.05) is 29.5 Å². The number of amides is 4. The number of halogens is 1. The fraction of sp³-hybridized carbons (Fsp3) is 0.0455. The lowest BCUT2D eigenvalue weighted by Gasteiger charge is -2.33. The van der Waals surface area contributed by atoms with E-state index in [2.05, 4.69) is 0 Å². The topological polar surface area (TPSA) is 70.8 Å². The molecule has 4 amide bonds. The standard InChI is InChI=1S/C22H15IN2O4/c1-14-7-9-16(10-8-14)25-21(27)18(13-17-11-12-19(23)29-17)20(26)24(22(25)28)15-5-3-2-4-6-15/h2-13H,1H3/b18-13+. The van der Waals surface area contributed by atoms with Gasteiger partial charge < -0.3 is 4.42 Å². The molecular weight excluding hydrogens is 483 g/mol. The molecule has 0 aliphatic carbocycles. The Balaban J connectivity index is 1.86. The first-order valence-electron chi connectivity index (χ1n) is 8.77. The molecule has 0 unspecified atom stereocenters. The van der Waals surface area contributed by atoms with Crippen molar-refractivity contribution in [3.63, 3.8) is 0 Å². The molecule has 1 aromatic heterocycles. The molecule has 6 nitrogen and oxygen atoms in total. The van der Waals surface area contributed by atoms with Crippen molar-refractivity contribution in [3.05, 3.63) is 87.4 Å². The van der Waals surface area contributed by atoms with Crippen LogP contribution in [0.4, 0.5) is 16.2 Å². The predicted octanol–water partition coefficient (Wildman–Crippen LogP) is 4.78. The molecule has 0 spiro atoms. The Morgan fingerprint density at radius 2 is 1.38 bits per heavy atom. The number of hydrogen-bond acceptors (Lipinski definition) is 4. The van der Waals surface area contributed by atoms with Gasteiger partial charge in [-0.25, -0.2) is 14.6 Å². The van der Waals surface area contributed by atoms with Crippen LogP contribution < -0.4 is 9.80 Å². The molecule has 0 atom stereocenters. The molecule has 3 aromatic rings. The number of anilines is 2. The molecule has 0 bridgehead atoms. The van der Waals surface area contributed by atoms with E-state index >= 15 is 0 Å². The lowest BCUT2D eigenvalue weighted by molar-refractivity contribution is -0.121. The van der Waals surface area contributed by atoms with E-state index in [9.17, 15) is 14.4 Å². The quantitative estimate of drug-likeness (QED) is 0.296. The first-order chi connectivity index (χ1) is 14.0. The number of rotatable bonds is 3. The zero-order valence-corrected chi connectivity index (χ0v) is 17.5. The van der Waals surface area contributed by atoms with Crippen molar-refractivity contribution >= 4 is 57.9 Å². The zero-order chi connectivity index (χ0) is 20.5. The SMILES string of the molecule is Cc1ccc(N2C(=O)/C(=C/c3ccc(I)o3)C(=O)N(c3ccccc3)C2=O)cc1. The Morgan fingerprint density at radius 3 is 1.93 bits per heavy atom. The average molecular weight is 498 g/mol. The van der Waals surface area contributed by atoms with Gasteiger partial charge in [0.2, 0.25) is 0 Å². The molecule has 4 rings (SSSR count). The van der Waals surface area contributed by atoms with Gasteiger partial charge >= 0.3 is 6.03 Å². The average Bonchev–Trinajstić information content (AvgIpc) is 3.12. The molecule has 29 heavy (non-hydrogen) atoms. The number of furan rings is 1. The highest BCUT2D eigenvalue weighted by Gasteiger charge is 2.43. The third kappa shape index (κ3) is 3.61. The third-order valence-corrected chi connectivity index (χ3v) is 5.02. The molecule has 2 heterocycles. The Kier molecular flexibility index (Phi) is 5.06. The molecular formula is C22H15IN2O4. The zero-order valence-electron chi connectivity index (χ0n) is 15.3. The van der Waals surface area contributed by atoms with Gasteiger partial charge in [0, 0.05) is 0 Å². The van der Waals surface area contributed by atoms with Gasteiger partial charge in [0.15, 0.2) is 3.77 Å². The van der Waals surface area contributed by atoms with Crippen LogP contribution in [0.3, 0.4) is 0 Å². The maximum Gasteiger partial charge on any atom is 0.343 e. The lowest BCUT2D eigenvalue weighted by atomic mass is 10.1. The van der Waals surface area contributed by atoms with Gasteiger partial charge in [-0.2, -0.15) is 0 Å². The molecule has 144 valence electrons. The number of benzene rings is 2. The van der Waals surface area contributed by atoms with Crippen molar-refractivity contribution in [1.82, 2.24) is 0 Å². The summed E-state index contributed by atoms with van der Waals surface area (Å²) in [4.78, 5) is 41.5. The van der Waals surface area contributed by atoms with Crippen LogP contribution in [0, 0.1) is 10.7 Å². The fourth-order valence-corrected chi connectivity index (χ4v) is 3.44. The van der Waals surface area contributed by atoms with Crippen LogP contribution in [0.5, 0.6) is 0 Å². The van der Waals surface area contributed by atoms with Crippen molar-refractivity contribution in [2.75, 3.05) is 9.80 Å². The van der Waals surface area contributed by atoms with E-state index < -0.39 is 17.8 Å².